The molecule has 0 bridgehead atoms. The van der Waals surface area contributed by atoms with E-state index in [4.69, 9.17) is 9.47 Å². The van der Waals surface area contributed by atoms with Crippen molar-refractivity contribution in [3.8, 4) is 0 Å². The van der Waals surface area contributed by atoms with Crippen molar-refractivity contribution in [3.05, 3.63) is 11.8 Å². The molecule has 0 aliphatic heterocycles. The van der Waals surface area contributed by atoms with E-state index in [-0.39, 0.29) is 42.7 Å². The summed E-state index contributed by atoms with van der Waals surface area (Å²) < 4.78 is 14.7. The molecular weight excluding hydrogens is 328 g/mol. The van der Waals surface area contributed by atoms with Gasteiger partial charge in [-0.3, -0.25) is 19.2 Å². The Balaban J connectivity index is 2.79. The summed E-state index contributed by atoms with van der Waals surface area (Å²) in [5.41, 5.74) is 0. The Morgan fingerprint density at radius 2 is 1.80 bits per heavy atom. The van der Waals surface area contributed by atoms with Gasteiger partial charge in [0.1, 0.15) is 11.7 Å². The second-order valence-electron chi connectivity index (χ2n) is 6.02. The predicted octanol–water partition coefficient (Wildman–Crippen LogP) is 2.33. The van der Waals surface area contributed by atoms with Crippen LogP contribution in [0.4, 0.5) is 0 Å². The number of carbonyl (C=O) groups excluding carboxylic acids is 4. The average Bonchev–Trinajstić information content (AvgIpc) is 2.57. The maximum absolute atomic E-state index is 12.2. The lowest BCUT2D eigenvalue weighted by Gasteiger charge is -2.29. The van der Waals surface area contributed by atoms with E-state index in [9.17, 15) is 19.2 Å². The fraction of sp³-hybridized carbons (Fsp3) is 0.667. The summed E-state index contributed by atoms with van der Waals surface area (Å²) in [6.07, 6.45) is 4.31. The van der Waals surface area contributed by atoms with Crippen LogP contribution in [0.3, 0.4) is 0 Å². The van der Waals surface area contributed by atoms with Crippen LogP contribution < -0.4 is 0 Å². The topological polar surface area (TPSA) is 96.0 Å². The number of unbranched alkanes of at least 4 members (excludes halogenated alkanes) is 1. The molecule has 0 amide bonds. The molecule has 0 aromatic heterocycles. The van der Waals surface area contributed by atoms with Gasteiger partial charge in [-0.2, -0.15) is 0 Å². The molecule has 1 aliphatic rings. The van der Waals surface area contributed by atoms with E-state index in [1.54, 1.807) is 0 Å². The first-order chi connectivity index (χ1) is 11.9. The monoisotopic (exact) mass is 354 g/mol. The molecule has 7 nitrogen and oxygen atoms in total. The molecule has 0 spiro atoms. The Morgan fingerprint density at radius 3 is 2.40 bits per heavy atom. The number of rotatable bonds is 9. The van der Waals surface area contributed by atoms with Crippen LogP contribution >= 0.6 is 0 Å². The summed E-state index contributed by atoms with van der Waals surface area (Å²) in [6.45, 7) is 1.84. The van der Waals surface area contributed by atoms with Crippen molar-refractivity contribution >= 4 is 23.7 Å². The molecule has 25 heavy (non-hydrogen) atoms. The minimum absolute atomic E-state index is 0.0690. The van der Waals surface area contributed by atoms with E-state index in [0.717, 1.165) is 0 Å². The third-order valence-corrected chi connectivity index (χ3v) is 4.12. The maximum Gasteiger partial charge on any atom is 0.316 e. The second kappa shape index (κ2) is 10.6. The van der Waals surface area contributed by atoms with Crippen LogP contribution in [0.5, 0.6) is 0 Å². The van der Waals surface area contributed by atoms with Crippen molar-refractivity contribution in [1.29, 1.82) is 0 Å². The van der Waals surface area contributed by atoms with E-state index in [2.05, 4.69) is 4.74 Å². The van der Waals surface area contributed by atoms with Crippen molar-refractivity contribution in [2.24, 2.45) is 11.8 Å². The fourth-order valence-electron chi connectivity index (χ4n) is 2.88. The Hall–Kier alpha value is -2.18. The van der Waals surface area contributed by atoms with Crippen LogP contribution in [0.1, 0.15) is 51.9 Å². The summed E-state index contributed by atoms with van der Waals surface area (Å²) in [6, 6.07) is 0. The molecule has 0 N–H and O–H groups in total. The van der Waals surface area contributed by atoms with Gasteiger partial charge < -0.3 is 14.2 Å². The predicted molar refractivity (Wildman–Crippen MR) is 88.2 cm³/mol. The lowest BCUT2D eigenvalue weighted by atomic mass is 9.78. The number of carbonyl (C=O) groups is 4. The maximum atomic E-state index is 12.2. The van der Waals surface area contributed by atoms with Gasteiger partial charge in [0.2, 0.25) is 0 Å². The largest absolute Gasteiger partial charge is 0.469 e. The number of hydrogen-bond acceptors (Lipinski definition) is 7. The number of ether oxygens (including phenoxy) is 3. The van der Waals surface area contributed by atoms with Crippen LogP contribution in [-0.2, 0) is 33.4 Å². The van der Waals surface area contributed by atoms with Crippen molar-refractivity contribution in [1.82, 2.24) is 0 Å². The first-order valence-corrected chi connectivity index (χ1v) is 8.52. The fourth-order valence-corrected chi connectivity index (χ4v) is 2.88. The minimum atomic E-state index is -0.776. The summed E-state index contributed by atoms with van der Waals surface area (Å²) in [7, 11) is 2.59. The first kappa shape index (κ1) is 20.9. The molecule has 140 valence electrons. The van der Waals surface area contributed by atoms with Crippen molar-refractivity contribution < 1.29 is 33.4 Å². The van der Waals surface area contributed by atoms with Crippen molar-refractivity contribution in [3.63, 3.8) is 0 Å². The number of ketones is 1. The third kappa shape index (κ3) is 6.68. The van der Waals surface area contributed by atoms with E-state index in [1.807, 2.05) is 6.92 Å². The van der Waals surface area contributed by atoms with Crippen LogP contribution in [0.15, 0.2) is 11.8 Å². The molecule has 1 aliphatic carbocycles. The molecule has 2 atom stereocenters. The summed E-state index contributed by atoms with van der Waals surface area (Å²) in [4.78, 5) is 47.1. The lowest BCUT2D eigenvalue weighted by Crippen LogP contribution is -2.34. The third-order valence-electron chi connectivity index (χ3n) is 4.12. The molecule has 0 aromatic rings. The SMILES string of the molecule is CCCC(=O)OC1=CC(=O)CC(CCCCC(=O)OC)C1C(=O)OC. The van der Waals surface area contributed by atoms with Gasteiger partial charge in [0.15, 0.2) is 5.78 Å². The number of esters is 3. The highest BCUT2D eigenvalue weighted by molar-refractivity contribution is 5.94. The van der Waals surface area contributed by atoms with Crippen LogP contribution in [0.25, 0.3) is 0 Å². The molecule has 0 saturated heterocycles. The zero-order valence-corrected chi connectivity index (χ0v) is 15.0. The molecule has 2 unspecified atom stereocenters. The highest BCUT2D eigenvalue weighted by Crippen LogP contribution is 2.34. The van der Waals surface area contributed by atoms with Crippen molar-refractivity contribution in [2.45, 2.75) is 51.9 Å². The van der Waals surface area contributed by atoms with E-state index >= 15 is 0 Å². The first-order valence-electron chi connectivity index (χ1n) is 8.52. The highest BCUT2D eigenvalue weighted by Gasteiger charge is 2.39. The molecular formula is C18H26O7. The Kier molecular flexibility index (Phi) is 8.88. The summed E-state index contributed by atoms with van der Waals surface area (Å²) in [5, 5.41) is 0. The van der Waals surface area contributed by atoms with Crippen LogP contribution in [-0.4, -0.2) is 37.9 Å². The van der Waals surface area contributed by atoms with E-state index in [0.29, 0.717) is 25.7 Å². The quantitative estimate of drug-likeness (QED) is 0.356. The smallest absolute Gasteiger partial charge is 0.316 e. The molecule has 0 heterocycles. The van der Waals surface area contributed by atoms with E-state index in [1.165, 1.54) is 20.3 Å². The highest BCUT2D eigenvalue weighted by atomic mass is 16.5. The van der Waals surface area contributed by atoms with Crippen LogP contribution in [0, 0.1) is 11.8 Å². The minimum Gasteiger partial charge on any atom is -0.469 e. The van der Waals surface area contributed by atoms with Gasteiger partial charge in [0, 0.05) is 25.3 Å². The lowest BCUT2D eigenvalue weighted by molar-refractivity contribution is -0.151. The molecule has 0 aromatic carbocycles. The standard InChI is InChI=1S/C18H26O7/c1-4-7-16(21)25-14-11-13(19)10-12(17(14)18(22)24-3)8-5-6-9-15(20)23-2/h11-12,17H,4-10H2,1-3H3. The van der Waals surface area contributed by atoms with Gasteiger partial charge in [0.05, 0.1) is 14.2 Å². The van der Waals surface area contributed by atoms with Gasteiger partial charge >= 0.3 is 17.9 Å². The summed E-state index contributed by atoms with van der Waals surface area (Å²) >= 11 is 0. The van der Waals surface area contributed by atoms with Gasteiger partial charge in [-0.25, -0.2) is 0 Å². The summed E-state index contributed by atoms with van der Waals surface area (Å²) in [5.74, 6) is -2.49. The van der Waals surface area contributed by atoms with E-state index < -0.39 is 17.9 Å². The zero-order valence-electron chi connectivity index (χ0n) is 15.0. The molecule has 7 heteroatoms. The molecule has 0 saturated carbocycles. The Morgan fingerprint density at radius 1 is 1.08 bits per heavy atom. The number of hydrogen-bond donors (Lipinski definition) is 0. The second-order valence-corrected chi connectivity index (χ2v) is 6.02. The zero-order chi connectivity index (χ0) is 18.8. The Bertz CT molecular complexity index is 536. The van der Waals surface area contributed by atoms with Crippen LogP contribution in [0.2, 0.25) is 0 Å². The van der Waals surface area contributed by atoms with Gasteiger partial charge in [-0.05, 0) is 25.2 Å². The Labute approximate surface area is 147 Å². The van der Waals surface area contributed by atoms with Gasteiger partial charge in [-0.15, -0.1) is 0 Å². The molecule has 1 rings (SSSR count). The number of methoxy groups -OCH3 is 2. The van der Waals surface area contributed by atoms with Crippen molar-refractivity contribution in [2.75, 3.05) is 14.2 Å². The van der Waals surface area contributed by atoms with Gasteiger partial charge in [0.25, 0.3) is 0 Å². The van der Waals surface area contributed by atoms with Gasteiger partial charge in [-0.1, -0.05) is 13.3 Å². The number of allylic oxidation sites excluding steroid dienone is 1. The molecule has 0 radical (unpaired) electrons. The average molecular weight is 354 g/mol. The molecule has 0 fully saturated rings. The normalized spacial score (nSPS) is 19.8.